The Hall–Kier alpha value is -1.88. The normalized spacial score (nSPS) is 43.2. The number of carbonyl (C=O) groups excluding carboxylic acids is 1. The predicted molar refractivity (Wildman–Crippen MR) is 301 cm³/mol. The zero-order valence-corrected chi connectivity index (χ0v) is 52.2. The van der Waals surface area contributed by atoms with Crippen molar-refractivity contribution in [3.63, 3.8) is 0 Å². The Balaban J connectivity index is 1.18. The number of rotatable bonds is 12. The van der Waals surface area contributed by atoms with Gasteiger partial charge in [0.25, 0.3) is 0 Å². The zero-order chi connectivity index (χ0) is 56.1. The van der Waals surface area contributed by atoms with Crippen molar-refractivity contribution in [3.8, 4) is 0 Å². The lowest BCUT2D eigenvalue weighted by molar-refractivity contribution is -0.317. The number of aliphatic hydroxyl groups is 1. The number of amides is 1. The minimum Gasteiger partial charge on any atom is -0.409 e. The number of nitrogens with one attached hydrogen (secondary N) is 1. The fourth-order valence-corrected chi connectivity index (χ4v) is 14.7. The van der Waals surface area contributed by atoms with Gasteiger partial charge in [-0.05, 0) is 106 Å². The minimum atomic E-state index is -2.37. The van der Waals surface area contributed by atoms with Crippen molar-refractivity contribution in [2.75, 3.05) is 20.8 Å². The van der Waals surface area contributed by atoms with Crippen LogP contribution in [0.3, 0.4) is 0 Å². The van der Waals surface area contributed by atoms with Gasteiger partial charge in [0, 0.05) is 51.4 Å². The van der Waals surface area contributed by atoms with Gasteiger partial charge in [0.15, 0.2) is 35.0 Å². The molecule has 0 aromatic heterocycles. The third kappa shape index (κ3) is 13.1. The summed E-state index contributed by atoms with van der Waals surface area (Å²) < 4.78 is 74.2. The quantitative estimate of drug-likeness (QED) is 0.141. The first-order valence-electron chi connectivity index (χ1n) is 28.8. The topological polar surface area (TPSA) is 151 Å². The van der Waals surface area contributed by atoms with E-state index >= 15 is 4.79 Å². The van der Waals surface area contributed by atoms with Gasteiger partial charge < -0.3 is 61.9 Å². The molecule has 20 atom stereocenters. The second kappa shape index (κ2) is 23.9. The van der Waals surface area contributed by atoms with E-state index in [1.807, 2.05) is 39.0 Å². The van der Waals surface area contributed by atoms with Crippen molar-refractivity contribution < 1.29 is 61.4 Å². The zero-order valence-electron chi connectivity index (χ0n) is 50.2. The molecule has 1 amide bonds. The fourth-order valence-electron chi connectivity index (χ4n) is 12.0. The van der Waals surface area contributed by atoms with Gasteiger partial charge in [-0.3, -0.25) is 4.79 Å². The molecule has 6 aliphatic heterocycles. The Kier molecular flexibility index (Phi) is 19.4. The van der Waals surface area contributed by atoms with Gasteiger partial charge in [-0.1, -0.05) is 112 Å². The maximum atomic E-state index is 15.0. The number of methoxy groups -OCH3 is 2. The number of carbonyl (C=O) groups is 1. The predicted octanol–water partition coefficient (Wildman–Crippen LogP) is 11.0. The van der Waals surface area contributed by atoms with Gasteiger partial charge in [0.05, 0.1) is 67.5 Å². The standard InChI is InChI=1S/C60H101NO13Si2/c1-21-35(2)51-38(5)27-28-59(72-51)33-43-30-44(71-59)26-25-37(4)50(36(3)23-22-24-42-34-66-55-52(73-75(17,18)57(9,10)11)39(6)29-45(56(62)61-43)60(42,55)63)69-48-31-46(64-15)53(40(7)67-48)70-49-32-47(65-16)54(41(8)68-49)74-76(19,20)58(12,13)14/h22-25,27-29,35-36,38,40-41,43-55,63H,21,26,30-34H2,1-20H3,(H,61,62)/b23-22+,37-25+,42-24+/t35?,36-,38-,40-,41-,43+,44+,45+,46-,47-,48-,49-,50-,51+,52+,53-,54-,55+,59+,60+/m0/s1. The molecule has 432 valence electrons. The molecule has 76 heavy (non-hydrogen) atoms. The molecule has 1 spiro atoms. The number of hydrogen-bond acceptors (Lipinski definition) is 13. The SMILES string of the molecule is CCC(C)[C@H]1O[C@]2(C=C[C@@H]1C)C[C@H]1C[C@@H](C/C=C(\C)[C@@H](O[C@H]3C[C@H](OC)[C@@H](O[C@H]4C[C@H](OC)[C@@H](O[Si](C)(C)C(C)(C)C)[C@H](C)O4)[C@H](C)O3)[C@@H](C)/C=C/C=C3\CO[C@@H]4[C@H](O[Si](C)(C)C(C)(C)C)C(C)=C[C@H](C(=O)N1)[C@]34O)O2. The summed E-state index contributed by atoms with van der Waals surface area (Å²) in [5.74, 6) is -1.91. The van der Waals surface area contributed by atoms with Gasteiger partial charge in [0.1, 0.15) is 17.8 Å². The second-order valence-corrected chi connectivity index (χ2v) is 36.3. The van der Waals surface area contributed by atoms with Crippen molar-refractivity contribution in [2.24, 2.45) is 23.7 Å². The van der Waals surface area contributed by atoms with E-state index in [1.54, 1.807) is 14.2 Å². The summed E-state index contributed by atoms with van der Waals surface area (Å²) in [4.78, 5) is 15.0. The Morgan fingerprint density at radius 1 is 0.803 bits per heavy atom. The Morgan fingerprint density at radius 3 is 2.03 bits per heavy atom. The molecule has 0 radical (unpaired) electrons. The van der Waals surface area contributed by atoms with Crippen molar-refractivity contribution >= 4 is 22.5 Å². The van der Waals surface area contributed by atoms with Crippen LogP contribution in [0.2, 0.25) is 36.3 Å². The molecule has 7 aliphatic rings. The van der Waals surface area contributed by atoms with Crippen LogP contribution < -0.4 is 5.32 Å². The Labute approximate surface area is 460 Å². The molecule has 4 fully saturated rings. The first kappa shape index (κ1) is 61.7. The molecular formula is C60H101NO13Si2. The minimum absolute atomic E-state index is 0.0391. The van der Waals surface area contributed by atoms with E-state index in [1.165, 1.54) is 0 Å². The van der Waals surface area contributed by atoms with Crippen LogP contribution in [0.4, 0.5) is 0 Å². The second-order valence-electron chi connectivity index (χ2n) is 26.8. The Morgan fingerprint density at radius 2 is 1.41 bits per heavy atom. The molecule has 2 bridgehead atoms. The van der Waals surface area contributed by atoms with Gasteiger partial charge in [-0.25, -0.2) is 0 Å². The molecule has 0 aromatic rings. The summed E-state index contributed by atoms with van der Waals surface area (Å²) in [7, 11) is -1.03. The largest absolute Gasteiger partial charge is 0.409 e. The molecule has 16 heteroatoms. The average Bonchev–Trinajstić information content (AvgIpc) is 3.67. The Bertz CT molecular complexity index is 2160. The monoisotopic (exact) mass is 1100 g/mol. The molecule has 1 unspecified atom stereocenters. The van der Waals surface area contributed by atoms with Crippen LogP contribution in [0.25, 0.3) is 0 Å². The van der Waals surface area contributed by atoms with Crippen molar-refractivity contribution in [1.82, 2.24) is 5.32 Å². The van der Waals surface area contributed by atoms with Crippen LogP contribution in [-0.4, -0.2) is 146 Å². The molecular weight excluding hydrogens is 999 g/mol. The van der Waals surface area contributed by atoms with E-state index in [2.05, 4.69) is 132 Å². The first-order valence-corrected chi connectivity index (χ1v) is 34.6. The van der Waals surface area contributed by atoms with Crippen LogP contribution in [-0.2, 0) is 56.3 Å². The van der Waals surface area contributed by atoms with Gasteiger partial charge >= 0.3 is 0 Å². The van der Waals surface area contributed by atoms with Crippen LogP contribution in [0.15, 0.2) is 59.3 Å². The van der Waals surface area contributed by atoms with Crippen LogP contribution >= 0.6 is 0 Å². The molecule has 7 rings (SSSR count). The highest BCUT2D eigenvalue weighted by molar-refractivity contribution is 6.74. The maximum absolute atomic E-state index is 15.0. The highest BCUT2D eigenvalue weighted by atomic mass is 28.4. The lowest BCUT2D eigenvalue weighted by Gasteiger charge is -2.49. The summed E-state index contributed by atoms with van der Waals surface area (Å²) in [6.45, 7) is 39.3. The van der Waals surface area contributed by atoms with Crippen molar-refractivity contribution in [2.45, 2.75) is 269 Å². The van der Waals surface area contributed by atoms with E-state index < -0.39 is 77.0 Å². The number of allylic oxidation sites excluding steroid dienone is 2. The molecule has 2 N–H and O–H groups in total. The van der Waals surface area contributed by atoms with E-state index in [9.17, 15) is 5.11 Å². The average molecular weight is 1100 g/mol. The molecule has 0 aromatic carbocycles. The fraction of sp³-hybridized carbons (Fsp3) is 0.817. The summed E-state index contributed by atoms with van der Waals surface area (Å²) in [6, 6.07) is -0.320. The third-order valence-corrected chi connectivity index (χ3v) is 28.0. The molecule has 14 nitrogen and oxygen atoms in total. The molecule has 4 saturated heterocycles. The van der Waals surface area contributed by atoms with E-state index in [-0.39, 0.29) is 77.1 Å². The van der Waals surface area contributed by atoms with Crippen molar-refractivity contribution in [1.29, 1.82) is 0 Å². The van der Waals surface area contributed by atoms with Gasteiger partial charge in [0.2, 0.25) is 5.91 Å². The molecule has 1 aliphatic carbocycles. The smallest absolute Gasteiger partial charge is 0.230 e. The highest BCUT2D eigenvalue weighted by Gasteiger charge is 2.61. The highest BCUT2D eigenvalue weighted by Crippen LogP contribution is 2.50. The summed E-state index contributed by atoms with van der Waals surface area (Å²) >= 11 is 0. The first-order chi connectivity index (χ1) is 35.4. The van der Waals surface area contributed by atoms with E-state index in [4.69, 9.17) is 51.5 Å². The number of ether oxygens (including phenoxy) is 9. The summed E-state index contributed by atoms with van der Waals surface area (Å²) in [5, 5.41) is 16.7. The number of hydrogen-bond donors (Lipinski definition) is 2. The van der Waals surface area contributed by atoms with Gasteiger partial charge in [-0.15, -0.1) is 0 Å². The van der Waals surface area contributed by atoms with Crippen LogP contribution in [0.5, 0.6) is 0 Å². The number of fused-ring (bicyclic) bond motifs is 2. The molecule has 0 saturated carbocycles. The van der Waals surface area contributed by atoms with E-state index in [0.29, 0.717) is 43.6 Å². The van der Waals surface area contributed by atoms with Crippen molar-refractivity contribution in [3.05, 3.63) is 59.3 Å². The summed E-state index contributed by atoms with van der Waals surface area (Å²) in [6.07, 6.45) is 12.7. The van der Waals surface area contributed by atoms with E-state index in [0.717, 1.165) is 17.6 Å². The molecule has 6 heterocycles. The third-order valence-electron chi connectivity index (χ3n) is 19.0. The lowest BCUT2D eigenvalue weighted by Crippen LogP contribution is -2.62. The summed E-state index contributed by atoms with van der Waals surface area (Å²) in [5.41, 5.74) is 0.844. The van der Waals surface area contributed by atoms with Gasteiger partial charge in [-0.2, -0.15) is 0 Å². The lowest BCUT2D eigenvalue weighted by atomic mass is 9.70. The van der Waals surface area contributed by atoms with Crippen LogP contribution in [0.1, 0.15) is 135 Å². The maximum Gasteiger partial charge on any atom is 0.230 e. The van der Waals surface area contributed by atoms with Crippen LogP contribution in [0, 0.1) is 23.7 Å².